The van der Waals surface area contributed by atoms with Crippen LogP contribution in [0, 0.1) is 12.7 Å². The number of hydrogen-bond donors (Lipinski definition) is 1. The minimum atomic E-state index is -0.440. The van der Waals surface area contributed by atoms with Crippen molar-refractivity contribution >= 4 is 27.5 Å². The molecule has 36 heavy (non-hydrogen) atoms. The summed E-state index contributed by atoms with van der Waals surface area (Å²) < 4.78 is 22.4. The number of nitrogens with one attached hydrogen (secondary N) is 1. The van der Waals surface area contributed by atoms with Crippen LogP contribution in [0.4, 0.5) is 10.2 Å². The third kappa shape index (κ3) is 4.14. The van der Waals surface area contributed by atoms with E-state index in [4.69, 9.17) is 9.72 Å². The second-order valence-electron chi connectivity index (χ2n) is 9.82. The molecular weight excluding hydrogens is 455 g/mol. The Balaban J connectivity index is 1.48. The standard InChI is InChI=1S/C28H31FN6O/c1-18-6-3-7-19-8-4-10-21(23(18)19)25-24(29)26-22(16-31-25)27(35-14-11-30-12-15-35)33-28(32-26)36-17-20-9-5-13-34(20)2/h3-4,6-8,10,16,20,30H,5,9,11-15,17H2,1-2H3/t20-/m0/s1. The summed E-state index contributed by atoms with van der Waals surface area (Å²) in [5.74, 6) is 0.244. The number of likely N-dealkylation sites (tertiary alicyclic amines) is 1. The van der Waals surface area contributed by atoms with Gasteiger partial charge in [-0.25, -0.2) is 4.39 Å². The molecule has 4 aromatic rings. The van der Waals surface area contributed by atoms with Crippen molar-refractivity contribution in [1.82, 2.24) is 25.2 Å². The number of pyridine rings is 1. The highest BCUT2D eigenvalue weighted by molar-refractivity contribution is 6.00. The zero-order valence-corrected chi connectivity index (χ0v) is 20.8. The van der Waals surface area contributed by atoms with E-state index in [0.717, 1.165) is 67.5 Å². The largest absolute Gasteiger partial charge is 0.462 e. The molecule has 0 bridgehead atoms. The zero-order chi connectivity index (χ0) is 24.6. The van der Waals surface area contributed by atoms with Crippen LogP contribution < -0.4 is 15.0 Å². The van der Waals surface area contributed by atoms with E-state index in [0.29, 0.717) is 29.5 Å². The van der Waals surface area contributed by atoms with Crippen molar-refractivity contribution in [2.24, 2.45) is 0 Å². The van der Waals surface area contributed by atoms with E-state index in [1.807, 2.05) is 43.3 Å². The van der Waals surface area contributed by atoms with Gasteiger partial charge in [0.25, 0.3) is 0 Å². The number of rotatable bonds is 5. The number of fused-ring (bicyclic) bond motifs is 2. The molecule has 2 aliphatic heterocycles. The maximum absolute atomic E-state index is 16.3. The number of halogens is 1. The molecule has 2 fully saturated rings. The van der Waals surface area contributed by atoms with Gasteiger partial charge in [-0.3, -0.25) is 4.98 Å². The van der Waals surface area contributed by atoms with Crippen LogP contribution in [0.3, 0.4) is 0 Å². The third-order valence-electron chi connectivity index (χ3n) is 7.50. The number of ether oxygens (including phenoxy) is 1. The minimum absolute atomic E-state index is 0.224. The Morgan fingerprint density at radius 3 is 2.67 bits per heavy atom. The number of nitrogens with zero attached hydrogens (tertiary/aromatic N) is 5. The van der Waals surface area contributed by atoms with E-state index in [2.05, 4.69) is 32.1 Å². The summed E-state index contributed by atoms with van der Waals surface area (Å²) in [5, 5.41) is 6.04. The summed E-state index contributed by atoms with van der Waals surface area (Å²) in [6.07, 6.45) is 3.96. The summed E-state index contributed by atoms with van der Waals surface area (Å²) in [6.45, 7) is 6.85. The van der Waals surface area contributed by atoms with Crippen molar-refractivity contribution in [2.45, 2.75) is 25.8 Å². The van der Waals surface area contributed by atoms with Crippen molar-refractivity contribution in [3.8, 4) is 17.3 Å². The average molecular weight is 487 g/mol. The molecule has 7 nitrogen and oxygen atoms in total. The number of likely N-dealkylation sites (N-methyl/N-ethyl adjacent to an activating group) is 1. The highest BCUT2D eigenvalue weighted by Crippen LogP contribution is 2.36. The van der Waals surface area contributed by atoms with Gasteiger partial charge in [0.05, 0.1) is 5.39 Å². The van der Waals surface area contributed by atoms with Gasteiger partial charge in [-0.2, -0.15) is 9.97 Å². The Hall–Kier alpha value is -3.36. The van der Waals surface area contributed by atoms with E-state index in [1.165, 1.54) is 0 Å². The summed E-state index contributed by atoms with van der Waals surface area (Å²) >= 11 is 0. The van der Waals surface area contributed by atoms with Gasteiger partial charge in [-0.05, 0) is 49.7 Å². The number of aromatic nitrogens is 3. The number of hydrogen-bond acceptors (Lipinski definition) is 7. The first-order valence-electron chi connectivity index (χ1n) is 12.7. The molecule has 0 saturated carbocycles. The van der Waals surface area contributed by atoms with Gasteiger partial charge in [-0.15, -0.1) is 0 Å². The number of anilines is 1. The van der Waals surface area contributed by atoms with Crippen LogP contribution in [0.5, 0.6) is 6.01 Å². The molecule has 0 amide bonds. The SMILES string of the molecule is Cc1cccc2cccc(-c3ncc4c(N5CCNCC5)nc(OC[C@@H]5CCCN5C)nc4c3F)c12. The zero-order valence-electron chi connectivity index (χ0n) is 20.8. The molecule has 2 aromatic carbocycles. The van der Waals surface area contributed by atoms with E-state index < -0.39 is 5.82 Å². The summed E-state index contributed by atoms with van der Waals surface area (Å²) in [6, 6.07) is 12.6. The Bertz CT molecular complexity index is 1420. The maximum Gasteiger partial charge on any atom is 0.319 e. The molecule has 2 saturated heterocycles. The fourth-order valence-corrected chi connectivity index (χ4v) is 5.48. The topological polar surface area (TPSA) is 66.4 Å². The number of piperazine rings is 1. The van der Waals surface area contributed by atoms with Crippen LogP contribution in [0.1, 0.15) is 18.4 Å². The molecule has 6 rings (SSSR count). The first-order valence-corrected chi connectivity index (χ1v) is 12.7. The van der Waals surface area contributed by atoms with Gasteiger partial charge in [0.2, 0.25) is 0 Å². The molecule has 2 aliphatic rings. The summed E-state index contributed by atoms with van der Waals surface area (Å²) in [5.41, 5.74) is 2.40. The molecule has 0 radical (unpaired) electrons. The minimum Gasteiger partial charge on any atom is -0.462 e. The predicted octanol–water partition coefficient (Wildman–Crippen LogP) is 4.18. The van der Waals surface area contributed by atoms with E-state index >= 15 is 4.39 Å². The molecule has 2 aromatic heterocycles. The van der Waals surface area contributed by atoms with Crippen molar-refractivity contribution in [3.63, 3.8) is 0 Å². The van der Waals surface area contributed by atoms with Crippen LogP contribution in [0.25, 0.3) is 32.9 Å². The predicted molar refractivity (Wildman–Crippen MR) is 141 cm³/mol. The van der Waals surface area contributed by atoms with E-state index in [-0.39, 0.29) is 11.5 Å². The molecule has 186 valence electrons. The molecular formula is C28H31FN6O. The Labute approximate surface area is 210 Å². The molecule has 1 atom stereocenters. The first-order chi connectivity index (χ1) is 17.6. The van der Waals surface area contributed by atoms with Crippen molar-refractivity contribution in [1.29, 1.82) is 0 Å². The fourth-order valence-electron chi connectivity index (χ4n) is 5.48. The molecule has 0 aliphatic carbocycles. The number of aryl methyl sites for hydroxylation is 1. The van der Waals surface area contributed by atoms with Crippen LogP contribution >= 0.6 is 0 Å². The van der Waals surface area contributed by atoms with E-state index in [1.54, 1.807) is 6.20 Å². The molecule has 4 heterocycles. The van der Waals surface area contributed by atoms with Crippen LogP contribution in [-0.4, -0.2) is 72.3 Å². The number of benzene rings is 2. The normalized spacial score (nSPS) is 18.9. The van der Waals surface area contributed by atoms with Crippen LogP contribution in [0.2, 0.25) is 0 Å². The summed E-state index contributed by atoms with van der Waals surface area (Å²) in [7, 11) is 2.11. The Morgan fingerprint density at radius 1 is 1.08 bits per heavy atom. The van der Waals surface area contributed by atoms with Gasteiger partial charge >= 0.3 is 6.01 Å². The molecule has 0 unspecified atom stereocenters. The molecule has 1 N–H and O–H groups in total. The lowest BCUT2D eigenvalue weighted by Crippen LogP contribution is -2.44. The highest BCUT2D eigenvalue weighted by Gasteiger charge is 2.25. The van der Waals surface area contributed by atoms with Crippen LogP contribution in [-0.2, 0) is 0 Å². The van der Waals surface area contributed by atoms with Gasteiger partial charge in [0.1, 0.15) is 23.6 Å². The van der Waals surface area contributed by atoms with Crippen molar-refractivity contribution < 1.29 is 9.13 Å². The molecule has 0 spiro atoms. The lowest BCUT2D eigenvalue weighted by atomic mass is 9.97. The summed E-state index contributed by atoms with van der Waals surface area (Å²) in [4.78, 5) is 18.4. The van der Waals surface area contributed by atoms with Gasteiger partial charge in [0.15, 0.2) is 5.82 Å². The lowest BCUT2D eigenvalue weighted by Gasteiger charge is -2.29. The fraction of sp³-hybridized carbons (Fsp3) is 0.393. The monoisotopic (exact) mass is 486 g/mol. The molecule has 8 heteroatoms. The highest BCUT2D eigenvalue weighted by atomic mass is 19.1. The second kappa shape index (κ2) is 9.59. The third-order valence-corrected chi connectivity index (χ3v) is 7.50. The van der Waals surface area contributed by atoms with Gasteiger partial charge in [0, 0.05) is 44.0 Å². The Morgan fingerprint density at radius 2 is 1.89 bits per heavy atom. The van der Waals surface area contributed by atoms with Gasteiger partial charge < -0.3 is 19.9 Å². The maximum atomic E-state index is 16.3. The van der Waals surface area contributed by atoms with Crippen LogP contribution in [0.15, 0.2) is 42.6 Å². The van der Waals surface area contributed by atoms with Gasteiger partial charge in [-0.1, -0.05) is 36.4 Å². The lowest BCUT2D eigenvalue weighted by molar-refractivity contribution is 0.188. The van der Waals surface area contributed by atoms with Crippen molar-refractivity contribution in [3.05, 3.63) is 54.0 Å². The quantitative estimate of drug-likeness (QED) is 0.454. The van der Waals surface area contributed by atoms with Crippen molar-refractivity contribution in [2.75, 3.05) is 51.3 Å². The smallest absolute Gasteiger partial charge is 0.319 e. The second-order valence-corrected chi connectivity index (χ2v) is 9.82. The Kier molecular flexibility index (Phi) is 6.15. The first kappa shape index (κ1) is 23.1. The average Bonchev–Trinajstić information content (AvgIpc) is 3.32. The van der Waals surface area contributed by atoms with E-state index in [9.17, 15) is 0 Å².